The van der Waals surface area contributed by atoms with Crippen molar-refractivity contribution in [3.63, 3.8) is 0 Å². The number of esters is 1. The number of ether oxygens (including phenoxy) is 1. The highest BCUT2D eigenvalue weighted by Crippen LogP contribution is 2.23. The summed E-state index contributed by atoms with van der Waals surface area (Å²) in [6.07, 6.45) is 0.683. The van der Waals surface area contributed by atoms with Gasteiger partial charge >= 0.3 is 5.97 Å². The molecular formula is C10H16N2O3. The van der Waals surface area contributed by atoms with Gasteiger partial charge in [0.05, 0.1) is 6.61 Å². The van der Waals surface area contributed by atoms with Gasteiger partial charge in [-0.25, -0.2) is 0 Å². The van der Waals surface area contributed by atoms with E-state index in [1.165, 1.54) is 0 Å². The first-order valence-corrected chi connectivity index (χ1v) is 5.02. The number of aryl methyl sites for hydroxylation is 1. The zero-order valence-corrected chi connectivity index (χ0v) is 9.53. The largest absolute Gasteiger partial charge is 0.465 e. The molecule has 0 spiro atoms. The lowest BCUT2D eigenvalue weighted by Gasteiger charge is -2.16. The molecule has 5 heteroatoms. The summed E-state index contributed by atoms with van der Waals surface area (Å²) in [6.45, 7) is 7.44. The van der Waals surface area contributed by atoms with Gasteiger partial charge in [0.1, 0.15) is 5.41 Å². The Labute approximate surface area is 88.8 Å². The van der Waals surface area contributed by atoms with Crippen LogP contribution in [-0.4, -0.2) is 22.7 Å². The molecule has 0 bridgehead atoms. The molecule has 0 saturated carbocycles. The van der Waals surface area contributed by atoms with Crippen LogP contribution in [0.4, 0.5) is 0 Å². The molecule has 0 aliphatic carbocycles. The molecule has 0 saturated heterocycles. The van der Waals surface area contributed by atoms with Gasteiger partial charge in [-0.05, 0) is 20.8 Å². The second-order valence-corrected chi connectivity index (χ2v) is 3.71. The predicted octanol–water partition coefficient (Wildman–Crippen LogP) is 1.47. The second kappa shape index (κ2) is 4.42. The third-order valence-electron chi connectivity index (χ3n) is 2.10. The number of carbonyl (C=O) groups is 1. The van der Waals surface area contributed by atoms with E-state index in [2.05, 4.69) is 10.1 Å². The SMILES string of the molecule is CCOC(=O)C(C)(C)c1nc(CC)no1. The van der Waals surface area contributed by atoms with E-state index in [1.807, 2.05) is 6.92 Å². The van der Waals surface area contributed by atoms with Gasteiger partial charge in [-0.2, -0.15) is 4.98 Å². The lowest BCUT2D eigenvalue weighted by Crippen LogP contribution is -2.31. The molecular weight excluding hydrogens is 196 g/mol. The molecule has 0 aliphatic heterocycles. The highest BCUT2D eigenvalue weighted by atomic mass is 16.5. The van der Waals surface area contributed by atoms with Crippen molar-refractivity contribution in [1.29, 1.82) is 0 Å². The third-order valence-corrected chi connectivity index (χ3v) is 2.10. The highest BCUT2D eigenvalue weighted by Gasteiger charge is 2.37. The van der Waals surface area contributed by atoms with Crippen molar-refractivity contribution in [2.75, 3.05) is 6.61 Å². The summed E-state index contributed by atoms with van der Waals surface area (Å²) in [5.74, 6) is 0.552. The first-order valence-electron chi connectivity index (χ1n) is 5.02. The molecule has 1 aromatic heterocycles. The van der Waals surface area contributed by atoms with Crippen molar-refractivity contribution in [2.45, 2.75) is 39.5 Å². The molecule has 0 aliphatic rings. The van der Waals surface area contributed by atoms with Crippen molar-refractivity contribution < 1.29 is 14.1 Å². The average Bonchev–Trinajstić information content (AvgIpc) is 2.66. The van der Waals surface area contributed by atoms with E-state index in [4.69, 9.17) is 9.26 Å². The predicted molar refractivity (Wildman–Crippen MR) is 53.3 cm³/mol. The smallest absolute Gasteiger partial charge is 0.321 e. The fourth-order valence-corrected chi connectivity index (χ4v) is 1.05. The highest BCUT2D eigenvalue weighted by molar-refractivity contribution is 5.80. The van der Waals surface area contributed by atoms with Gasteiger partial charge in [-0.3, -0.25) is 4.79 Å². The van der Waals surface area contributed by atoms with Gasteiger partial charge in [0.15, 0.2) is 5.82 Å². The summed E-state index contributed by atoms with van der Waals surface area (Å²) >= 11 is 0. The maximum absolute atomic E-state index is 11.6. The van der Waals surface area contributed by atoms with Gasteiger partial charge < -0.3 is 9.26 Å². The summed E-state index contributed by atoms with van der Waals surface area (Å²) in [7, 11) is 0. The lowest BCUT2D eigenvalue weighted by molar-refractivity contribution is -0.149. The molecule has 0 atom stereocenters. The standard InChI is InChI=1S/C10H16N2O3/c1-5-7-11-8(15-12-7)10(3,4)9(13)14-6-2/h5-6H2,1-4H3. The monoisotopic (exact) mass is 212 g/mol. The van der Waals surface area contributed by atoms with Gasteiger partial charge in [0.25, 0.3) is 0 Å². The van der Waals surface area contributed by atoms with Crippen LogP contribution in [0.5, 0.6) is 0 Å². The molecule has 0 radical (unpaired) electrons. The quantitative estimate of drug-likeness (QED) is 0.707. The molecule has 0 fully saturated rings. The average molecular weight is 212 g/mol. The van der Waals surface area contributed by atoms with Crippen LogP contribution in [0.15, 0.2) is 4.52 Å². The van der Waals surface area contributed by atoms with Crippen LogP contribution >= 0.6 is 0 Å². The van der Waals surface area contributed by atoms with Crippen LogP contribution in [0.25, 0.3) is 0 Å². The molecule has 1 heterocycles. The van der Waals surface area contributed by atoms with E-state index in [9.17, 15) is 4.79 Å². The van der Waals surface area contributed by atoms with Gasteiger partial charge in [0.2, 0.25) is 5.89 Å². The molecule has 0 amide bonds. The topological polar surface area (TPSA) is 65.2 Å². The van der Waals surface area contributed by atoms with Crippen LogP contribution < -0.4 is 0 Å². The summed E-state index contributed by atoms with van der Waals surface area (Å²) in [5.41, 5.74) is -0.879. The van der Waals surface area contributed by atoms with E-state index < -0.39 is 5.41 Å². The summed E-state index contributed by atoms with van der Waals surface area (Å²) in [4.78, 5) is 15.7. The van der Waals surface area contributed by atoms with Crippen molar-refractivity contribution >= 4 is 5.97 Å². The Hall–Kier alpha value is -1.39. The molecule has 5 nitrogen and oxygen atoms in total. The fraction of sp³-hybridized carbons (Fsp3) is 0.700. The minimum atomic E-state index is -0.879. The van der Waals surface area contributed by atoms with Gasteiger partial charge in [-0.15, -0.1) is 0 Å². The second-order valence-electron chi connectivity index (χ2n) is 3.71. The zero-order chi connectivity index (χ0) is 11.5. The summed E-state index contributed by atoms with van der Waals surface area (Å²) in [5, 5.41) is 3.75. The van der Waals surface area contributed by atoms with Crippen molar-refractivity contribution in [1.82, 2.24) is 10.1 Å². The number of carbonyl (C=O) groups excluding carboxylic acids is 1. The molecule has 84 valence electrons. The van der Waals surface area contributed by atoms with Crippen LogP contribution in [-0.2, 0) is 21.4 Å². The number of aromatic nitrogens is 2. The Morgan fingerprint density at radius 2 is 2.13 bits per heavy atom. The number of hydrogen-bond donors (Lipinski definition) is 0. The number of rotatable bonds is 4. The normalized spacial score (nSPS) is 11.5. The molecule has 0 aromatic carbocycles. The van der Waals surface area contributed by atoms with Gasteiger partial charge in [-0.1, -0.05) is 12.1 Å². The van der Waals surface area contributed by atoms with Crippen molar-refractivity contribution in [3.8, 4) is 0 Å². The molecule has 0 N–H and O–H groups in total. The maximum Gasteiger partial charge on any atom is 0.321 e. The van der Waals surface area contributed by atoms with E-state index >= 15 is 0 Å². The lowest BCUT2D eigenvalue weighted by atomic mass is 9.94. The molecule has 1 rings (SSSR count). The maximum atomic E-state index is 11.6. The van der Waals surface area contributed by atoms with E-state index in [0.717, 1.165) is 0 Å². The Kier molecular flexibility index (Phi) is 3.44. The summed E-state index contributed by atoms with van der Waals surface area (Å²) < 4.78 is 9.96. The Morgan fingerprint density at radius 3 is 2.60 bits per heavy atom. The van der Waals surface area contributed by atoms with Crippen LogP contribution in [0.2, 0.25) is 0 Å². The minimum Gasteiger partial charge on any atom is -0.465 e. The van der Waals surface area contributed by atoms with E-state index in [1.54, 1.807) is 20.8 Å². The van der Waals surface area contributed by atoms with E-state index in [0.29, 0.717) is 24.7 Å². The fourth-order valence-electron chi connectivity index (χ4n) is 1.05. The summed E-state index contributed by atoms with van der Waals surface area (Å²) in [6, 6.07) is 0. The minimum absolute atomic E-state index is 0.304. The number of hydrogen-bond acceptors (Lipinski definition) is 5. The molecule has 15 heavy (non-hydrogen) atoms. The van der Waals surface area contributed by atoms with Crippen LogP contribution in [0.1, 0.15) is 39.4 Å². The Morgan fingerprint density at radius 1 is 1.47 bits per heavy atom. The van der Waals surface area contributed by atoms with E-state index in [-0.39, 0.29) is 5.97 Å². The van der Waals surface area contributed by atoms with Gasteiger partial charge in [0, 0.05) is 6.42 Å². The third kappa shape index (κ3) is 2.34. The first kappa shape index (κ1) is 11.7. The van der Waals surface area contributed by atoms with Crippen molar-refractivity contribution in [3.05, 3.63) is 11.7 Å². The van der Waals surface area contributed by atoms with Crippen LogP contribution in [0, 0.1) is 0 Å². The zero-order valence-electron chi connectivity index (χ0n) is 9.53. The number of nitrogens with zero attached hydrogens (tertiary/aromatic N) is 2. The van der Waals surface area contributed by atoms with Crippen molar-refractivity contribution in [2.24, 2.45) is 0 Å². The molecule has 0 unspecified atom stereocenters. The Balaban J connectivity index is 2.89. The first-order chi connectivity index (χ1) is 7.02. The molecule has 1 aromatic rings. The van der Waals surface area contributed by atoms with Crippen LogP contribution in [0.3, 0.4) is 0 Å². The Bertz CT molecular complexity index is 344.